The Balaban J connectivity index is 1.93. The number of hydrogen-bond acceptors (Lipinski definition) is 4. The van der Waals surface area contributed by atoms with Crippen LogP contribution in [0.3, 0.4) is 0 Å². The Bertz CT molecular complexity index is 670. The first-order chi connectivity index (χ1) is 9.11. The molecule has 0 aromatic carbocycles. The average Bonchev–Trinajstić information content (AvgIpc) is 2.76. The lowest BCUT2D eigenvalue weighted by atomic mass is 10.3. The minimum atomic E-state index is -0.252. The van der Waals surface area contributed by atoms with Crippen molar-refractivity contribution in [2.75, 3.05) is 13.1 Å². The van der Waals surface area contributed by atoms with Gasteiger partial charge >= 0.3 is 0 Å². The van der Waals surface area contributed by atoms with Gasteiger partial charge in [-0.3, -0.25) is 14.1 Å². The van der Waals surface area contributed by atoms with Crippen LogP contribution < -0.4 is 5.56 Å². The zero-order valence-electron chi connectivity index (χ0n) is 10.3. The van der Waals surface area contributed by atoms with Crippen molar-refractivity contribution in [3.63, 3.8) is 0 Å². The summed E-state index contributed by atoms with van der Waals surface area (Å²) < 4.78 is 2.37. The number of nitrogens with zero attached hydrogens (tertiary/aromatic N) is 3. The van der Waals surface area contributed by atoms with Crippen molar-refractivity contribution in [2.24, 2.45) is 0 Å². The summed E-state index contributed by atoms with van der Waals surface area (Å²) in [5.74, 6) is 0. The van der Waals surface area contributed by atoms with Gasteiger partial charge in [-0.05, 0) is 34.5 Å². The van der Waals surface area contributed by atoms with E-state index in [4.69, 9.17) is 0 Å². The van der Waals surface area contributed by atoms with E-state index in [1.165, 1.54) is 4.40 Å². The summed E-state index contributed by atoms with van der Waals surface area (Å²) >= 11 is 3.34. The van der Waals surface area contributed by atoms with Crippen LogP contribution in [0.1, 0.15) is 12.1 Å². The molecule has 0 unspecified atom stereocenters. The molecule has 0 bridgehead atoms. The quantitative estimate of drug-likeness (QED) is 0.896. The van der Waals surface area contributed by atoms with Crippen LogP contribution in [-0.2, 0) is 6.54 Å². The van der Waals surface area contributed by atoms with E-state index in [2.05, 4.69) is 25.8 Å². The van der Waals surface area contributed by atoms with Crippen LogP contribution in [0.4, 0.5) is 0 Å². The molecule has 100 valence electrons. The lowest BCUT2D eigenvalue weighted by Gasteiger charge is -2.14. The van der Waals surface area contributed by atoms with Crippen molar-refractivity contribution in [3.8, 4) is 0 Å². The van der Waals surface area contributed by atoms with Crippen LogP contribution >= 0.6 is 15.9 Å². The summed E-state index contributed by atoms with van der Waals surface area (Å²) in [6, 6.07) is 5.24. The fraction of sp³-hybridized carbons (Fsp3) is 0.385. The minimum Gasteiger partial charge on any atom is -0.392 e. The van der Waals surface area contributed by atoms with E-state index in [9.17, 15) is 9.90 Å². The zero-order valence-corrected chi connectivity index (χ0v) is 11.9. The fourth-order valence-electron chi connectivity index (χ4n) is 2.39. The molecule has 0 amide bonds. The molecule has 2 aromatic heterocycles. The standard InChI is InChI=1S/C13H14BrN3O2/c14-9-1-2-12-15-10(5-13(19)17(12)6-9)7-16-4-3-11(18)8-16/h1-2,5-6,11,18H,3-4,7-8H2/t11-/m0/s1. The lowest BCUT2D eigenvalue weighted by Crippen LogP contribution is -2.24. The zero-order chi connectivity index (χ0) is 13.4. The second kappa shape index (κ2) is 5.03. The smallest absolute Gasteiger partial charge is 0.258 e. The lowest BCUT2D eigenvalue weighted by molar-refractivity contribution is 0.174. The topological polar surface area (TPSA) is 57.8 Å². The molecule has 0 aliphatic carbocycles. The first kappa shape index (κ1) is 12.8. The maximum atomic E-state index is 12.0. The normalized spacial score (nSPS) is 20.2. The Morgan fingerprint density at radius 2 is 2.32 bits per heavy atom. The predicted molar refractivity (Wildman–Crippen MR) is 75.1 cm³/mol. The first-order valence-corrected chi connectivity index (χ1v) is 6.99. The van der Waals surface area contributed by atoms with Crippen molar-refractivity contribution in [2.45, 2.75) is 19.1 Å². The van der Waals surface area contributed by atoms with Crippen LogP contribution in [-0.4, -0.2) is 38.6 Å². The molecule has 2 aromatic rings. The van der Waals surface area contributed by atoms with E-state index in [0.29, 0.717) is 18.7 Å². The summed E-state index contributed by atoms with van der Waals surface area (Å²) in [5.41, 5.74) is 1.31. The first-order valence-electron chi connectivity index (χ1n) is 6.20. The number of aromatic nitrogens is 2. The van der Waals surface area contributed by atoms with Crippen molar-refractivity contribution in [1.29, 1.82) is 0 Å². The molecular formula is C13H14BrN3O2. The van der Waals surface area contributed by atoms with Crippen molar-refractivity contribution < 1.29 is 5.11 Å². The summed E-state index contributed by atoms with van der Waals surface area (Å²) in [7, 11) is 0. The third kappa shape index (κ3) is 2.70. The number of rotatable bonds is 2. The van der Waals surface area contributed by atoms with E-state index >= 15 is 0 Å². The molecule has 19 heavy (non-hydrogen) atoms. The molecule has 1 N–H and O–H groups in total. The van der Waals surface area contributed by atoms with Gasteiger partial charge in [0.25, 0.3) is 5.56 Å². The third-order valence-electron chi connectivity index (χ3n) is 3.31. The van der Waals surface area contributed by atoms with E-state index in [-0.39, 0.29) is 11.7 Å². The Morgan fingerprint density at radius 1 is 1.47 bits per heavy atom. The number of hydrogen-bond donors (Lipinski definition) is 1. The van der Waals surface area contributed by atoms with E-state index in [1.54, 1.807) is 12.3 Å². The number of β-amino-alcohol motifs (C(OH)–C–C–N with tert-alkyl or cyclic N) is 1. The molecule has 1 aliphatic rings. The molecule has 6 heteroatoms. The molecule has 3 rings (SSSR count). The van der Waals surface area contributed by atoms with Crippen LogP contribution in [0.15, 0.2) is 33.7 Å². The number of fused-ring (bicyclic) bond motifs is 1. The maximum Gasteiger partial charge on any atom is 0.258 e. The molecule has 5 nitrogen and oxygen atoms in total. The number of halogens is 1. The molecule has 1 fully saturated rings. The van der Waals surface area contributed by atoms with Crippen LogP contribution in [0.2, 0.25) is 0 Å². The van der Waals surface area contributed by atoms with Gasteiger partial charge in [0.15, 0.2) is 0 Å². The summed E-state index contributed by atoms with van der Waals surface area (Å²) in [6.45, 7) is 2.11. The summed E-state index contributed by atoms with van der Waals surface area (Å²) in [6.07, 6.45) is 2.26. The number of aliphatic hydroxyl groups is 1. The van der Waals surface area contributed by atoms with Gasteiger partial charge < -0.3 is 5.11 Å². The van der Waals surface area contributed by atoms with Crippen LogP contribution in [0.25, 0.3) is 5.65 Å². The Kier molecular flexibility index (Phi) is 3.38. The van der Waals surface area contributed by atoms with Gasteiger partial charge in [-0.15, -0.1) is 0 Å². The van der Waals surface area contributed by atoms with E-state index in [0.717, 1.165) is 23.1 Å². The highest BCUT2D eigenvalue weighted by molar-refractivity contribution is 9.10. The number of pyridine rings is 1. The monoisotopic (exact) mass is 323 g/mol. The number of likely N-dealkylation sites (tertiary alicyclic amines) is 1. The van der Waals surface area contributed by atoms with Crippen molar-refractivity contribution in [1.82, 2.24) is 14.3 Å². The average molecular weight is 324 g/mol. The van der Waals surface area contributed by atoms with E-state index < -0.39 is 0 Å². The minimum absolute atomic E-state index is 0.0824. The SMILES string of the molecule is O=c1cc(CN2CC[C@H](O)C2)nc2ccc(Br)cn12. The van der Waals surface area contributed by atoms with Gasteiger partial charge in [0.1, 0.15) is 5.65 Å². The molecule has 1 atom stereocenters. The van der Waals surface area contributed by atoms with Gasteiger partial charge in [-0.1, -0.05) is 0 Å². The second-order valence-electron chi connectivity index (χ2n) is 4.84. The molecule has 1 saturated heterocycles. The molecule has 0 saturated carbocycles. The van der Waals surface area contributed by atoms with Crippen molar-refractivity contribution >= 4 is 21.6 Å². The van der Waals surface area contributed by atoms with Crippen LogP contribution in [0.5, 0.6) is 0 Å². The highest BCUT2D eigenvalue weighted by Crippen LogP contribution is 2.13. The Morgan fingerprint density at radius 3 is 3.05 bits per heavy atom. The summed E-state index contributed by atoms with van der Waals surface area (Å²) in [4.78, 5) is 18.6. The molecule has 1 aliphatic heterocycles. The van der Waals surface area contributed by atoms with E-state index in [1.807, 2.05) is 12.1 Å². The fourth-order valence-corrected chi connectivity index (χ4v) is 2.73. The van der Waals surface area contributed by atoms with Gasteiger partial charge in [0, 0.05) is 36.4 Å². The highest BCUT2D eigenvalue weighted by Gasteiger charge is 2.20. The van der Waals surface area contributed by atoms with Gasteiger partial charge in [-0.2, -0.15) is 0 Å². The summed E-state index contributed by atoms with van der Waals surface area (Å²) in [5, 5.41) is 9.50. The Hall–Kier alpha value is -1.24. The van der Waals surface area contributed by atoms with Gasteiger partial charge in [0.05, 0.1) is 11.8 Å². The van der Waals surface area contributed by atoms with Gasteiger partial charge in [0.2, 0.25) is 0 Å². The molecule has 0 radical (unpaired) electrons. The Labute approximate surface area is 118 Å². The molecule has 0 spiro atoms. The van der Waals surface area contributed by atoms with Crippen LogP contribution in [0, 0.1) is 0 Å². The van der Waals surface area contributed by atoms with Crippen molar-refractivity contribution in [3.05, 3.63) is 44.9 Å². The second-order valence-corrected chi connectivity index (χ2v) is 5.75. The van der Waals surface area contributed by atoms with Gasteiger partial charge in [-0.25, -0.2) is 4.98 Å². The number of aliphatic hydroxyl groups excluding tert-OH is 1. The maximum absolute atomic E-state index is 12.0. The largest absolute Gasteiger partial charge is 0.392 e. The third-order valence-corrected chi connectivity index (χ3v) is 3.78. The molecule has 3 heterocycles. The highest BCUT2D eigenvalue weighted by atomic mass is 79.9. The molecular weight excluding hydrogens is 310 g/mol. The predicted octanol–water partition coefficient (Wildman–Crippen LogP) is 1.02.